The van der Waals surface area contributed by atoms with E-state index in [9.17, 15) is 8.42 Å². The van der Waals surface area contributed by atoms with Crippen molar-refractivity contribution in [3.8, 4) is 0 Å². The predicted molar refractivity (Wildman–Crippen MR) is 79.2 cm³/mol. The van der Waals surface area contributed by atoms with Crippen LogP contribution in [0.1, 0.15) is 30.5 Å². The fraction of sp³-hybridized carbons (Fsp3) is 0.357. The van der Waals surface area contributed by atoms with E-state index in [1.807, 2.05) is 0 Å². The molecule has 1 unspecified atom stereocenters. The molecule has 0 aliphatic rings. The van der Waals surface area contributed by atoms with Crippen molar-refractivity contribution < 1.29 is 13.5 Å². The van der Waals surface area contributed by atoms with Gasteiger partial charge in [-0.15, -0.1) is 0 Å². The number of aryl methyl sites for hydroxylation is 1. The first kappa shape index (κ1) is 15.7. The van der Waals surface area contributed by atoms with Crippen molar-refractivity contribution in [2.75, 3.05) is 6.61 Å². The van der Waals surface area contributed by atoms with Crippen LogP contribution in [0.5, 0.6) is 0 Å². The van der Waals surface area contributed by atoms with Crippen molar-refractivity contribution >= 4 is 10.0 Å². The molecule has 0 fully saturated rings. The van der Waals surface area contributed by atoms with Crippen LogP contribution in [0, 0.1) is 0 Å². The molecule has 1 atom stereocenters. The van der Waals surface area contributed by atoms with Gasteiger partial charge in [0.15, 0.2) is 0 Å². The lowest BCUT2D eigenvalue weighted by Crippen LogP contribution is -2.26. The van der Waals surface area contributed by atoms with E-state index in [1.54, 1.807) is 43.6 Å². The third-order valence-electron chi connectivity index (χ3n) is 3.21. The van der Waals surface area contributed by atoms with Crippen molar-refractivity contribution in [3.63, 3.8) is 0 Å². The van der Waals surface area contributed by atoms with Crippen LogP contribution < -0.4 is 4.72 Å². The van der Waals surface area contributed by atoms with Crippen molar-refractivity contribution in [1.82, 2.24) is 14.9 Å². The summed E-state index contributed by atoms with van der Waals surface area (Å²) in [4.78, 5) is 0.227. The number of benzene rings is 1. The van der Waals surface area contributed by atoms with Gasteiger partial charge in [-0.05, 0) is 37.5 Å². The van der Waals surface area contributed by atoms with Gasteiger partial charge in [0, 0.05) is 24.4 Å². The van der Waals surface area contributed by atoms with Crippen molar-refractivity contribution in [1.29, 1.82) is 0 Å². The third-order valence-corrected chi connectivity index (χ3v) is 4.77. The van der Waals surface area contributed by atoms with Crippen LogP contribution in [0.4, 0.5) is 0 Å². The summed E-state index contributed by atoms with van der Waals surface area (Å²) in [7, 11) is -3.56. The Labute approximate surface area is 124 Å². The minimum absolute atomic E-state index is 0.129. The summed E-state index contributed by atoms with van der Waals surface area (Å²) >= 11 is 0. The quantitative estimate of drug-likeness (QED) is 0.720. The first-order chi connectivity index (χ1) is 10.0. The van der Waals surface area contributed by atoms with Gasteiger partial charge in [0.1, 0.15) is 0 Å². The standard InChI is InChI=1S/C14H19N3O3S/c1-11(13-9-15-16-10-13)17-21(19,20)14-6-4-12(5-7-14)3-2-8-18/h4-7,9-11,17-18H,2-3,8H2,1H3,(H,15,16). The first-order valence-electron chi connectivity index (χ1n) is 6.74. The first-order valence-corrected chi connectivity index (χ1v) is 8.22. The largest absolute Gasteiger partial charge is 0.396 e. The van der Waals surface area contributed by atoms with Crippen LogP contribution in [-0.4, -0.2) is 30.3 Å². The third kappa shape index (κ3) is 4.13. The van der Waals surface area contributed by atoms with Gasteiger partial charge in [-0.25, -0.2) is 13.1 Å². The zero-order chi connectivity index (χ0) is 15.3. The van der Waals surface area contributed by atoms with Crippen molar-refractivity contribution in [2.45, 2.75) is 30.7 Å². The van der Waals surface area contributed by atoms with E-state index in [4.69, 9.17) is 5.11 Å². The van der Waals surface area contributed by atoms with E-state index in [1.165, 1.54) is 0 Å². The second-order valence-corrected chi connectivity index (χ2v) is 6.56. The molecule has 7 heteroatoms. The summed E-state index contributed by atoms with van der Waals surface area (Å²) in [5.74, 6) is 0. The fourth-order valence-electron chi connectivity index (χ4n) is 1.98. The van der Waals surface area contributed by atoms with Gasteiger partial charge in [0.2, 0.25) is 10.0 Å². The van der Waals surface area contributed by atoms with E-state index in [2.05, 4.69) is 14.9 Å². The van der Waals surface area contributed by atoms with E-state index >= 15 is 0 Å². The average Bonchev–Trinajstić information content (AvgIpc) is 2.99. The van der Waals surface area contributed by atoms with Gasteiger partial charge in [0.25, 0.3) is 0 Å². The van der Waals surface area contributed by atoms with Crippen LogP contribution >= 0.6 is 0 Å². The second kappa shape index (κ2) is 6.84. The highest BCUT2D eigenvalue weighted by Gasteiger charge is 2.18. The van der Waals surface area contributed by atoms with Gasteiger partial charge in [-0.1, -0.05) is 12.1 Å². The molecule has 1 heterocycles. The smallest absolute Gasteiger partial charge is 0.241 e. The molecule has 0 saturated heterocycles. The second-order valence-electron chi connectivity index (χ2n) is 4.85. The molecule has 0 bridgehead atoms. The Morgan fingerprint density at radius 2 is 2.05 bits per heavy atom. The number of aliphatic hydroxyl groups excluding tert-OH is 1. The van der Waals surface area contributed by atoms with Crippen LogP contribution in [0.15, 0.2) is 41.6 Å². The molecular weight excluding hydrogens is 290 g/mol. The number of hydrogen-bond donors (Lipinski definition) is 3. The summed E-state index contributed by atoms with van der Waals surface area (Å²) in [6.07, 6.45) is 4.65. The Kier molecular flexibility index (Phi) is 5.11. The van der Waals surface area contributed by atoms with Crippen LogP contribution in [-0.2, 0) is 16.4 Å². The van der Waals surface area contributed by atoms with Crippen molar-refractivity contribution in [2.24, 2.45) is 0 Å². The molecule has 114 valence electrons. The van der Waals surface area contributed by atoms with Crippen LogP contribution in [0.3, 0.4) is 0 Å². The number of sulfonamides is 1. The molecule has 6 nitrogen and oxygen atoms in total. The van der Waals surface area contributed by atoms with Crippen molar-refractivity contribution in [3.05, 3.63) is 47.8 Å². The summed E-state index contributed by atoms with van der Waals surface area (Å²) < 4.78 is 27.2. The highest BCUT2D eigenvalue weighted by atomic mass is 32.2. The maximum atomic E-state index is 12.3. The minimum atomic E-state index is -3.56. The Bertz CT molecular complexity index is 651. The van der Waals surface area contributed by atoms with E-state index < -0.39 is 10.0 Å². The molecule has 2 rings (SSSR count). The lowest BCUT2D eigenvalue weighted by molar-refractivity contribution is 0.288. The van der Waals surface area contributed by atoms with Gasteiger partial charge < -0.3 is 5.11 Å². The number of aromatic nitrogens is 2. The van der Waals surface area contributed by atoms with Crippen LogP contribution in [0.25, 0.3) is 0 Å². The molecule has 0 aliphatic heterocycles. The number of aromatic amines is 1. The molecule has 1 aromatic heterocycles. The van der Waals surface area contributed by atoms with Gasteiger partial charge in [0.05, 0.1) is 11.1 Å². The number of H-pyrrole nitrogens is 1. The van der Waals surface area contributed by atoms with Gasteiger partial charge in [-0.2, -0.15) is 5.10 Å². The summed E-state index contributed by atoms with van der Waals surface area (Å²) in [5, 5.41) is 15.3. The number of hydrogen-bond acceptors (Lipinski definition) is 4. The summed E-state index contributed by atoms with van der Waals surface area (Å²) in [6.45, 7) is 1.89. The molecular formula is C14H19N3O3S. The number of aliphatic hydroxyl groups is 1. The normalized spacial score (nSPS) is 13.2. The number of nitrogens with zero attached hydrogens (tertiary/aromatic N) is 1. The lowest BCUT2D eigenvalue weighted by atomic mass is 10.1. The SMILES string of the molecule is CC(NS(=O)(=O)c1ccc(CCCO)cc1)c1cn[nH]c1. The Hall–Kier alpha value is -1.70. The zero-order valence-electron chi connectivity index (χ0n) is 11.8. The number of nitrogens with one attached hydrogen (secondary N) is 2. The highest BCUT2D eigenvalue weighted by Crippen LogP contribution is 2.16. The van der Waals surface area contributed by atoms with Crippen LogP contribution in [0.2, 0.25) is 0 Å². The highest BCUT2D eigenvalue weighted by molar-refractivity contribution is 7.89. The molecule has 0 spiro atoms. The Morgan fingerprint density at radius 3 is 2.62 bits per heavy atom. The maximum Gasteiger partial charge on any atom is 0.241 e. The van der Waals surface area contributed by atoms with E-state index in [0.717, 1.165) is 17.5 Å². The Morgan fingerprint density at radius 1 is 1.33 bits per heavy atom. The summed E-state index contributed by atoms with van der Waals surface area (Å²) in [5.41, 5.74) is 1.78. The van der Waals surface area contributed by atoms with Gasteiger partial charge in [-0.3, -0.25) is 5.10 Å². The lowest BCUT2D eigenvalue weighted by Gasteiger charge is -2.13. The maximum absolute atomic E-state index is 12.3. The molecule has 0 radical (unpaired) electrons. The molecule has 0 aliphatic carbocycles. The molecule has 0 amide bonds. The molecule has 21 heavy (non-hydrogen) atoms. The monoisotopic (exact) mass is 309 g/mol. The van der Waals surface area contributed by atoms with E-state index in [0.29, 0.717) is 6.42 Å². The number of rotatable bonds is 7. The summed E-state index contributed by atoms with van der Waals surface area (Å²) in [6, 6.07) is 6.34. The van der Waals surface area contributed by atoms with Gasteiger partial charge >= 0.3 is 0 Å². The topological polar surface area (TPSA) is 95.1 Å². The fourth-order valence-corrected chi connectivity index (χ4v) is 3.22. The predicted octanol–water partition coefficient (Wildman–Crippen LogP) is 1.37. The van der Waals surface area contributed by atoms with E-state index in [-0.39, 0.29) is 17.5 Å². The molecule has 2 aromatic rings. The molecule has 1 aromatic carbocycles. The zero-order valence-corrected chi connectivity index (χ0v) is 12.6. The minimum Gasteiger partial charge on any atom is -0.396 e. The molecule has 0 saturated carbocycles. The molecule has 3 N–H and O–H groups in total. The average molecular weight is 309 g/mol. The Balaban J connectivity index is 2.08.